The van der Waals surface area contributed by atoms with Gasteiger partial charge in [0.1, 0.15) is 5.75 Å². The molecule has 0 bridgehead atoms. The Balaban J connectivity index is 1.96. The van der Waals surface area contributed by atoms with E-state index < -0.39 is 11.6 Å². The highest BCUT2D eigenvalue weighted by Gasteiger charge is 2.42. The second-order valence-electron chi connectivity index (χ2n) is 6.76. The zero-order valence-corrected chi connectivity index (χ0v) is 14.3. The first-order chi connectivity index (χ1) is 11.4. The van der Waals surface area contributed by atoms with Crippen molar-refractivity contribution in [3.63, 3.8) is 0 Å². The third kappa shape index (κ3) is 3.11. The molecular formula is C18H23NO5. The van der Waals surface area contributed by atoms with E-state index in [-0.39, 0.29) is 5.91 Å². The van der Waals surface area contributed by atoms with Gasteiger partial charge in [-0.15, -0.1) is 0 Å². The van der Waals surface area contributed by atoms with E-state index in [4.69, 9.17) is 14.2 Å². The van der Waals surface area contributed by atoms with Gasteiger partial charge in [-0.3, -0.25) is 4.79 Å². The number of benzene rings is 1. The summed E-state index contributed by atoms with van der Waals surface area (Å²) in [6.45, 7) is 5.59. The molecule has 1 aromatic carbocycles. The molecule has 0 N–H and O–H groups in total. The van der Waals surface area contributed by atoms with Gasteiger partial charge in [-0.2, -0.15) is 0 Å². The molecule has 1 amide bonds. The minimum absolute atomic E-state index is 0.0940. The van der Waals surface area contributed by atoms with Gasteiger partial charge in [0, 0.05) is 19.8 Å². The van der Waals surface area contributed by atoms with Crippen molar-refractivity contribution in [1.29, 1.82) is 0 Å². The van der Waals surface area contributed by atoms with Crippen LogP contribution >= 0.6 is 0 Å². The Kier molecular flexibility index (Phi) is 4.49. The molecule has 1 saturated heterocycles. The Morgan fingerprint density at radius 2 is 2.04 bits per heavy atom. The first-order valence-electron chi connectivity index (χ1n) is 8.23. The second kappa shape index (κ2) is 6.43. The van der Waals surface area contributed by atoms with Crippen LogP contribution in [0.2, 0.25) is 0 Å². The fourth-order valence-corrected chi connectivity index (χ4v) is 3.18. The lowest BCUT2D eigenvalue weighted by Crippen LogP contribution is -2.54. The highest BCUT2D eigenvalue weighted by atomic mass is 16.5. The van der Waals surface area contributed by atoms with Crippen molar-refractivity contribution in [2.24, 2.45) is 5.92 Å². The van der Waals surface area contributed by atoms with E-state index in [0.717, 1.165) is 26.1 Å². The maximum atomic E-state index is 12.9. The van der Waals surface area contributed by atoms with Crippen molar-refractivity contribution < 1.29 is 23.8 Å². The molecule has 0 spiro atoms. The molecular weight excluding hydrogens is 310 g/mol. The summed E-state index contributed by atoms with van der Waals surface area (Å²) in [6.07, 6.45) is 1.86. The van der Waals surface area contributed by atoms with Crippen LogP contribution in [-0.2, 0) is 14.3 Å². The number of fused-ring (bicyclic) bond motifs is 1. The first kappa shape index (κ1) is 16.8. The van der Waals surface area contributed by atoms with Crippen LogP contribution in [0.25, 0.3) is 0 Å². The Bertz CT molecular complexity index is 649. The predicted octanol–water partition coefficient (Wildman–Crippen LogP) is 2.40. The van der Waals surface area contributed by atoms with E-state index in [1.165, 1.54) is 7.11 Å². The van der Waals surface area contributed by atoms with Gasteiger partial charge >= 0.3 is 5.97 Å². The van der Waals surface area contributed by atoms with Crippen LogP contribution in [-0.4, -0.2) is 44.3 Å². The lowest BCUT2D eigenvalue weighted by Gasteiger charge is -2.40. The molecule has 0 aromatic heterocycles. The standard InChI is InChI=1S/C18H23NO5/c1-18(2)17(21)19(11-12-6-8-23-9-7-12)14-10-13(16(20)22-3)4-5-15(14)24-18/h4-5,10,12H,6-9,11H2,1-3H3. The Morgan fingerprint density at radius 1 is 1.33 bits per heavy atom. The zero-order chi connectivity index (χ0) is 17.3. The molecule has 1 aromatic rings. The molecule has 6 heteroatoms. The van der Waals surface area contributed by atoms with Crippen LogP contribution in [0.3, 0.4) is 0 Å². The number of hydrogen-bond acceptors (Lipinski definition) is 5. The van der Waals surface area contributed by atoms with E-state index in [0.29, 0.717) is 29.5 Å². The maximum Gasteiger partial charge on any atom is 0.337 e. The third-order valence-corrected chi connectivity index (χ3v) is 4.58. The number of ether oxygens (including phenoxy) is 3. The molecule has 0 atom stereocenters. The van der Waals surface area contributed by atoms with Crippen molar-refractivity contribution in [3.05, 3.63) is 23.8 Å². The second-order valence-corrected chi connectivity index (χ2v) is 6.76. The van der Waals surface area contributed by atoms with E-state index >= 15 is 0 Å². The fourth-order valence-electron chi connectivity index (χ4n) is 3.18. The topological polar surface area (TPSA) is 65.1 Å². The van der Waals surface area contributed by atoms with Crippen LogP contribution < -0.4 is 9.64 Å². The van der Waals surface area contributed by atoms with Crippen LogP contribution in [0.5, 0.6) is 5.75 Å². The Hall–Kier alpha value is -2.08. The highest BCUT2D eigenvalue weighted by molar-refractivity contribution is 6.03. The number of esters is 1. The summed E-state index contributed by atoms with van der Waals surface area (Å²) in [6, 6.07) is 5.06. The van der Waals surface area contributed by atoms with Gasteiger partial charge in [0.15, 0.2) is 5.60 Å². The Labute approximate surface area is 141 Å². The number of hydrogen-bond donors (Lipinski definition) is 0. The summed E-state index contributed by atoms with van der Waals surface area (Å²) in [7, 11) is 1.34. The van der Waals surface area contributed by atoms with Gasteiger partial charge in [0.25, 0.3) is 5.91 Å². The molecule has 0 radical (unpaired) electrons. The van der Waals surface area contributed by atoms with Crippen LogP contribution in [0.4, 0.5) is 5.69 Å². The number of nitrogens with zero attached hydrogens (tertiary/aromatic N) is 1. The predicted molar refractivity (Wildman–Crippen MR) is 88.4 cm³/mol. The minimum atomic E-state index is -0.926. The molecule has 130 valence electrons. The number of carbonyl (C=O) groups excluding carboxylic acids is 2. The summed E-state index contributed by atoms with van der Waals surface area (Å²) in [5.74, 6) is 0.468. The smallest absolute Gasteiger partial charge is 0.337 e. The van der Waals surface area contributed by atoms with Crippen molar-refractivity contribution in [3.8, 4) is 5.75 Å². The monoisotopic (exact) mass is 333 g/mol. The van der Waals surface area contributed by atoms with E-state index in [9.17, 15) is 9.59 Å². The molecule has 6 nitrogen and oxygen atoms in total. The number of anilines is 1. The molecule has 24 heavy (non-hydrogen) atoms. The van der Waals surface area contributed by atoms with Gasteiger partial charge in [0.05, 0.1) is 18.4 Å². The number of rotatable bonds is 3. The van der Waals surface area contributed by atoms with Crippen molar-refractivity contribution in [2.75, 3.05) is 31.8 Å². The van der Waals surface area contributed by atoms with E-state index in [2.05, 4.69) is 0 Å². The first-order valence-corrected chi connectivity index (χ1v) is 8.23. The SMILES string of the molecule is COC(=O)c1ccc2c(c1)N(CC1CCOCC1)C(=O)C(C)(C)O2. The van der Waals surface area contributed by atoms with Gasteiger partial charge in [-0.25, -0.2) is 4.79 Å². The number of methoxy groups -OCH3 is 1. The largest absolute Gasteiger partial charge is 0.476 e. The van der Waals surface area contributed by atoms with Gasteiger partial charge in [0.2, 0.25) is 0 Å². The van der Waals surface area contributed by atoms with Gasteiger partial charge in [-0.1, -0.05) is 0 Å². The van der Waals surface area contributed by atoms with Crippen molar-refractivity contribution >= 4 is 17.6 Å². The molecule has 1 fully saturated rings. The summed E-state index contributed by atoms with van der Waals surface area (Å²) in [5.41, 5.74) is 0.114. The van der Waals surface area contributed by atoms with Crippen LogP contribution in [0, 0.1) is 5.92 Å². The minimum Gasteiger partial charge on any atom is -0.476 e. The van der Waals surface area contributed by atoms with Crippen molar-refractivity contribution in [2.45, 2.75) is 32.3 Å². The molecule has 0 saturated carbocycles. The summed E-state index contributed by atoms with van der Waals surface area (Å²) in [4.78, 5) is 26.5. The lowest BCUT2D eigenvalue weighted by atomic mass is 9.96. The summed E-state index contributed by atoms with van der Waals surface area (Å²) in [5, 5.41) is 0. The van der Waals surface area contributed by atoms with Gasteiger partial charge < -0.3 is 19.1 Å². The highest BCUT2D eigenvalue weighted by Crippen LogP contribution is 2.39. The number of amides is 1. The van der Waals surface area contributed by atoms with E-state index in [1.54, 1.807) is 36.9 Å². The lowest BCUT2D eigenvalue weighted by molar-refractivity contribution is -0.133. The number of carbonyl (C=O) groups is 2. The average Bonchev–Trinajstić information content (AvgIpc) is 2.58. The maximum absolute atomic E-state index is 12.9. The van der Waals surface area contributed by atoms with E-state index in [1.807, 2.05) is 0 Å². The van der Waals surface area contributed by atoms with Crippen molar-refractivity contribution in [1.82, 2.24) is 0 Å². The van der Waals surface area contributed by atoms with Crippen LogP contribution in [0.15, 0.2) is 18.2 Å². The molecule has 2 aliphatic heterocycles. The summed E-state index contributed by atoms with van der Waals surface area (Å²) < 4.78 is 16.0. The quantitative estimate of drug-likeness (QED) is 0.795. The summed E-state index contributed by atoms with van der Waals surface area (Å²) >= 11 is 0. The molecule has 2 aliphatic rings. The third-order valence-electron chi connectivity index (χ3n) is 4.58. The Morgan fingerprint density at radius 3 is 2.71 bits per heavy atom. The molecule has 0 aliphatic carbocycles. The molecule has 3 rings (SSSR count). The van der Waals surface area contributed by atoms with Gasteiger partial charge in [-0.05, 0) is 50.8 Å². The molecule has 2 heterocycles. The fraction of sp³-hybridized carbons (Fsp3) is 0.556. The molecule has 0 unspecified atom stereocenters. The van der Waals surface area contributed by atoms with Crippen LogP contribution in [0.1, 0.15) is 37.0 Å². The zero-order valence-electron chi connectivity index (χ0n) is 14.3. The normalized spacial score (nSPS) is 20.3. The average molecular weight is 333 g/mol.